The summed E-state index contributed by atoms with van der Waals surface area (Å²) in [5, 5.41) is 2.47. The van der Waals surface area contributed by atoms with Gasteiger partial charge in [-0.15, -0.1) is 0 Å². The molecule has 2 rings (SSSR count). The van der Waals surface area contributed by atoms with Crippen LogP contribution in [0.3, 0.4) is 0 Å². The van der Waals surface area contributed by atoms with Gasteiger partial charge in [0.25, 0.3) is 11.8 Å². The van der Waals surface area contributed by atoms with E-state index in [4.69, 9.17) is 21.7 Å². The molecule has 3 N–H and O–H groups in total. The molecule has 0 fully saturated rings. The molecule has 0 aliphatic carbocycles. The second kappa shape index (κ2) is 11.2. The highest BCUT2D eigenvalue weighted by atomic mass is 32.1. The van der Waals surface area contributed by atoms with Gasteiger partial charge in [-0.1, -0.05) is 19.9 Å². The van der Waals surface area contributed by atoms with E-state index in [9.17, 15) is 9.59 Å². The Bertz CT molecular complexity index is 878. The van der Waals surface area contributed by atoms with Crippen molar-refractivity contribution in [3.05, 3.63) is 59.2 Å². The van der Waals surface area contributed by atoms with Crippen molar-refractivity contribution in [3.63, 3.8) is 0 Å². The third kappa shape index (κ3) is 8.08. The molecule has 0 spiro atoms. The molecular formula is C22H27N3O4S. The van der Waals surface area contributed by atoms with Crippen LogP contribution >= 0.6 is 12.2 Å². The van der Waals surface area contributed by atoms with Gasteiger partial charge in [-0.05, 0) is 79.5 Å². The van der Waals surface area contributed by atoms with Gasteiger partial charge in [0.15, 0.2) is 11.7 Å². The van der Waals surface area contributed by atoms with Crippen molar-refractivity contribution in [2.24, 2.45) is 5.92 Å². The van der Waals surface area contributed by atoms with Gasteiger partial charge in [-0.25, -0.2) is 0 Å². The van der Waals surface area contributed by atoms with Gasteiger partial charge in [0.1, 0.15) is 11.5 Å². The van der Waals surface area contributed by atoms with Crippen molar-refractivity contribution in [1.29, 1.82) is 0 Å². The van der Waals surface area contributed by atoms with Crippen LogP contribution in [-0.2, 0) is 4.79 Å². The average molecular weight is 430 g/mol. The first-order valence-corrected chi connectivity index (χ1v) is 9.98. The third-order valence-corrected chi connectivity index (χ3v) is 4.01. The lowest BCUT2D eigenvalue weighted by Crippen LogP contribution is -2.49. The minimum atomic E-state index is -0.433. The Kier molecular flexibility index (Phi) is 8.61. The predicted octanol–water partition coefficient (Wildman–Crippen LogP) is 3.05. The average Bonchev–Trinajstić information content (AvgIpc) is 2.68. The summed E-state index contributed by atoms with van der Waals surface area (Å²) in [5.74, 6) is 0.885. The van der Waals surface area contributed by atoms with Crippen LogP contribution in [0.1, 0.15) is 35.3 Å². The molecule has 0 aromatic heterocycles. The minimum Gasteiger partial charge on any atom is -0.493 e. The summed E-state index contributed by atoms with van der Waals surface area (Å²) in [6.45, 7) is 8.44. The summed E-state index contributed by atoms with van der Waals surface area (Å²) in [7, 11) is 0. The van der Waals surface area contributed by atoms with E-state index in [0.717, 1.165) is 11.1 Å². The molecule has 2 aromatic rings. The molecule has 0 radical (unpaired) electrons. The lowest BCUT2D eigenvalue weighted by molar-refractivity contribution is -0.123. The number of carbonyl (C=O) groups is 2. The molecule has 0 heterocycles. The van der Waals surface area contributed by atoms with E-state index in [1.54, 1.807) is 24.3 Å². The van der Waals surface area contributed by atoms with Gasteiger partial charge in [-0.3, -0.25) is 25.8 Å². The number of hydrogen-bond acceptors (Lipinski definition) is 5. The SMILES string of the molecule is Cc1cc(C)cc(OCC(=O)NNC(=S)NC(=O)c2ccc(OCC(C)C)cc2)c1. The normalized spacial score (nSPS) is 10.3. The van der Waals surface area contributed by atoms with E-state index < -0.39 is 11.8 Å². The standard InChI is InChI=1S/C22H27N3O4S/c1-14(2)12-28-18-7-5-17(6-8-18)21(27)23-22(30)25-24-20(26)13-29-19-10-15(3)9-16(4)11-19/h5-11,14H,12-13H2,1-4H3,(H,24,26)(H2,23,25,27,30). The fourth-order valence-electron chi connectivity index (χ4n) is 2.50. The Hall–Kier alpha value is -3.13. The number of amides is 2. The number of aryl methyl sites for hydroxylation is 2. The first-order chi connectivity index (χ1) is 14.2. The van der Waals surface area contributed by atoms with Crippen LogP contribution in [0.15, 0.2) is 42.5 Å². The van der Waals surface area contributed by atoms with E-state index >= 15 is 0 Å². The Balaban J connectivity index is 1.74. The van der Waals surface area contributed by atoms with Gasteiger partial charge in [0.2, 0.25) is 0 Å². The zero-order valence-corrected chi connectivity index (χ0v) is 18.4. The maximum Gasteiger partial charge on any atom is 0.276 e. The molecule has 2 amide bonds. The van der Waals surface area contributed by atoms with E-state index in [2.05, 4.69) is 30.0 Å². The number of rotatable bonds is 7. The number of nitrogens with one attached hydrogen (secondary N) is 3. The number of benzene rings is 2. The van der Waals surface area contributed by atoms with Crippen molar-refractivity contribution in [1.82, 2.24) is 16.2 Å². The van der Waals surface area contributed by atoms with Crippen molar-refractivity contribution in [2.75, 3.05) is 13.2 Å². The lowest BCUT2D eigenvalue weighted by atomic mass is 10.1. The highest BCUT2D eigenvalue weighted by molar-refractivity contribution is 7.80. The molecule has 0 aliphatic rings. The summed E-state index contributed by atoms with van der Waals surface area (Å²) in [6, 6.07) is 12.4. The van der Waals surface area contributed by atoms with Crippen molar-refractivity contribution < 1.29 is 19.1 Å². The molecule has 0 aliphatic heterocycles. The molecule has 0 saturated heterocycles. The molecule has 160 valence electrons. The largest absolute Gasteiger partial charge is 0.493 e. The number of hydrogen-bond donors (Lipinski definition) is 3. The zero-order valence-electron chi connectivity index (χ0n) is 17.6. The van der Waals surface area contributed by atoms with Crippen molar-refractivity contribution in [2.45, 2.75) is 27.7 Å². The van der Waals surface area contributed by atoms with E-state index in [1.165, 1.54) is 0 Å². The smallest absolute Gasteiger partial charge is 0.276 e. The van der Waals surface area contributed by atoms with Crippen LogP contribution in [0.4, 0.5) is 0 Å². The summed E-state index contributed by atoms with van der Waals surface area (Å²) in [5.41, 5.74) is 7.38. The van der Waals surface area contributed by atoms with Crippen molar-refractivity contribution in [3.8, 4) is 11.5 Å². The van der Waals surface area contributed by atoms with Gasteiger partial charge in [0.05, 0.1) is 6.61 Å². The maximum absolute atomic E-state index is 12.2. The monoisotopic (exact) mass is 429 g/mol. The molecule has 0 unspecified atom stereocenters. The highest BCUT2D eigenvalue weighted by Crippen LogP contribution is 2.16. The molecule has 0 bridgehead atoms. The Labute approximate surface area is 182 Å². The first kappa shape index (κ1) is 23.2. The van der Waals surface area contributed by atoms with Gasteiger partial charge < -0.3 is 9.47 Å². The van der Waals surface area contributed by atoms with Crippen LogP contribution in [0.25, 0.3) is 0 Å². The molecule has 8 heteroatoms. The second-order valence-corrected chi connectivity index (χ2v) is 7.71. The minimum absolute atomic E-state index is 0.0279. The molecule has 0 atom stereocenters. The highest BCUT2D eigenvalue weighted by Gasteiger charge is 2.10. The Morgan fingerprint density at radius 3 is 2.17 bits per heavy atom. The van der Waals surface area contributed by atoms with E-state index in [1.807, 2.05) is 32.0 Å². The number of hydrazine groups is 1. The Morgan fingerprint density at radius 1 is 0.933 bits per heavy atom. The van der Waals surface area contributed by atoms with Crippen LogP contribution in [-0.4, -0.2) is 30.1 Å². The molecule has 7 nitrogen and oxygen atoms in total. The number of thiocarbonyl (C=S) groups is 1. The second-order valence-electron chi connectivity index (χ2n) is 7.30. The third-order valence-electron chi connectivity index (χ3n) is 3.81. The topological polar surface area (TPSA) is 88.7 Å². The fraction of sp³-hybridized carbons (Fsp3) is 0.318. The number of ether oxygens (including phenoxy) is 2. The fourth-order valence-corrected chi connectivity index (χ4v) is 2.64. The molecule has 2 aromatic carbocycles. The van der Waals surface area contributed by atoms with E-state index in [0.29, 0.717) is 29.6 Å². The first-order valence-electron chi connectivity index (χ1n) is 9.57. The van der Waals surface area contributed by atoms with Gasteiger partial charge in [-0.2, -0.15) is 0 Å². The van der Waals surface area contributed by atoms with Crippen LogP contribution in [0, 0.1) is 19.8 Å². The number of carbonyl (C=O) groups excluding carboxylic acids is 2. The summed E-state index contributed by atoms with van der Waals surface area (Å²) in [6.07, 6.45) is 0. The summed E-state index contributed by atoms with van der Waals surface area (Å²) < 4.78 is 11.1. The maximum atomic E-state index is 12.2. The molecular weight excluding hydrogens is 402 g/mol. The molecule has 30 heavy (non-hydrogen) atoms. The predicted molar refractivity (Wildman–Crippen MR) is 120 cm³/mol. The quantitative estimate of drug-likeness (QED) is 0.463. The van der Waals surface area contributed by atoms with Crippen molar-refractivity contribution >= 4 is 29.1 Å². The van der Waals surface area contributed by atoms with Gasteiger partial charge in [0, 0.05) is 5.56 Å². The molecule has 0 saturated carbocycles. The van der Waals surface area contributed by atoms with Gasteiger partial charge >= 0.3 is 0 Å². The summed E-state index contributed by atoms with van der Waals surface area (Å²) >= 11 is 5.03. The lowest BCUT2D eigenvalue weighted by Gasteiger charge is -2.12. The van der Waals surface area contributed by atoms with Crippen LogP contribution in [0.5, 0.6) is 11.5 Å². The van der Waals surface area contributed by atoms with Crippen LogP contribution < -0.4 is 25.6 Å². The Morgan fingerprint density at radius 2 is 1.57 bits per heavy atom. The van der Waals surface area contributed by atoms with Crippen LogP contribution in [0.2, 0.25) is 0 Å². The van der Waals surface area contributed by atoms with E-state index in [-0.39, 0.29) is 11.7 Å². The zero-order chi connectivity index (χ0) is 22.1. The summed E-state index contributed by atoms with van der Waals surface area (Å²) in [4.78, 5) is 24.1.